The molecule has 0 aliphatic carbocycles. The fourth-order valence-electron chi connectivity index (χ4n) is 1.39. The molecule has 18 heavy (non-hydrogen) atoms. The number of hydrogen-bond acceptors (Lipinski definition) is 6. The van der Waals surface area contributed by atoms with E-state index < -0.39 is 0 Å². The van der Waals surface area contributed by atoms with Gasteiger partial charge in [-0.2, -0.15) is 10.2 Å². The van der Waals surface area contributed by atoms with Gasteiger partial charge >= 0.3 is 0 Å². The Kier molecular flexibility index (Phi) is 3.25. The van der Waals surface area contributed by atoms with Crippen LogP contribution < -0.4 is 15.2 Å². The Balaban J connectivity index is 2.41. The van der Waals surface area contributed by atoms with Gasteiger partial charge in [-0.3, -0.25) is 0 Å². The van der Waals surface area contributed by atoms with Crippen LogP contribution in [0.2, 0.25) is 0 Å². The summed E-state index contributed by atoms with van der Waals surface area (Å²) >= 11 is 0. The van der Waals surface area contributed by atoms with Crippen LogP contribution in [0, 0.1) is 11.3 Å². The third kappa shape index (κ3) is 2.15. The molecular weight excluding hydrogens is 232 g/mol. The maximum atomic E-state index is 8.96. The molecule has 1 heterocycles. The van der Waals surface area contributed by atoms with E-state index >= 15 is 0 Å². The zero-order valence-corrected chi connectivity index (χ0v) is 9.62. The van der Waals surface area contributed by atoms with Crippen molar-refractivity contribution in [3.63, 3.8) is 0 Å². The van der Waals surface area contributed by atoms with Gasteiger partial charge in [-0.15, -0.1) is 0 Å². The van der Waals surface area contributed by atoms with Gasteiger partial charge in [-0.05, 0) is 12.1 Å². The van der Waals surface area contributed by atoms with Crippen molar-refractivity contribution < 1.29 is 9.47 Å². The number of rotatable bonds is 3. The quantitative estimate of drug-likeness (QED) is 0.880. The number of anilines is 1. The van der Waals surface area contributed by atoms with Crippen LogP contribution in [0.25, 0.3) is 0 Å². The highest BCUT2D eigenvalue weighted by Crippen LogP contribution is 2.33. The molecule has 90 valence electrons. The molecule has 2 aromatic rings. The predicted molar refractivity (Wildman–Crippen MR) is 64.2 cm³/mol. The van der Waals surface area contributed by atoms with Crippen molar-refractivity contribution in [1.82, 2.24) is 9.97 Å². The third-order valence-corrected chi connectivity index (χ3v) is 2.22. The topological polar surface area (TPSA) is 94.1 Å². The molecule has 2 N–H and O–H groups in total. The van der Waals surface area contributed by atoms with Crippen molar-refractivity contribution in [2.45, 2.75) is 0 Å². The van der Waals surface area contributed by atoms with Crippen molar-refractivity contribution in [2.24, 2.45) is 0 Å². The lowest BCUT2D eigenvalue weighted by atomic mass is 10.2. The number of hydrogen-bond donors (Lipinski definition) is 1. The second-order valence-corrected chi connectivity index (χ2v) is 3.31. The average molecular weight is 242 g/mol. The number of methoxy groups -OCH3 is 1. The Hall–Kier alpha value is -2.81. The number of nitrogens with zero attached hydrogens (tertiary/aromatic N) is 3. The lowest BCUT2D eigenvalue weighted by Crippen LogP contribution is -2.00. The van der Waals surface area contributed by atoms with E-state index in [0.717, 1.165) is 0 Å². The molecule has 0 fully saturated rings. The molecule has 0 bridgehead atoms. The fourth-order valence-corrected chi connectivity index (χ4v) is 1.39. The van der Waals surface area contributed by atoms with Crippen LogP contribution >= 0.6 is 0 Å². The Morgan fingerprint density at radius 1 is 1.28 bits per heavy atom. The molecule has 0 saturated heterocycles. The Morgan fingerprint density at radius 2 is 2.06 bits per heavy atom. The van der Waals surface area contributed by atoms with Gasteiger partial charge in [0.2, 0.25) is 5.75 Å². The van der Waals surface area contributed by atoms with Crippen LogP contribution in [0.3, 0.4) is 0 Å². The summed E-state index contributed by atoms with van der Waals surface area (Å²) in [5, 5.41) is 8.96. The van der Waals surface area contributed by atoms with E-state index in [9.17, 15) is 0 Å². The molecule has 0 radical (unpaired) electrons. The minimum atomic E-state index is 0.174. The van der Waals surface area contributed by atoms with Gasteiger partial charge in [-0.25, -0.2) is 4.98 Å². The van der Waals surface area contributed by atoms with Crippen LogP contribution in [-0.2, 0) is 0 Å². The van der Waals surface area contributed by atoms with Gasteiger partial charge in [0, 0.05) is 0 Å². The van der Waals surface area contributed by atoms with E-state index in [4.69, 9.17) is 20.5 Å². The van der Waals surface area contributed by atoms with Crippen molar-refractivity contribution in [2.75, 3.05) is 12.8 Å². The van der Waals surface area contributed by atoms with Gasteiger partial charge in [0.1, 0.15) is 18.1 Å². The third-order valence-electron chi connectivity index (χ3n) is 2.22. The number of ether oxygens (including phenoxy) is 2. The van der Waals surface area contributed by atoms with E-state index in [1.54, 1.807) is 24.3 Å². The highest BCUT2D eigenvalue weighted by Gasteiger charge is 2.13. The number of nitrogen functional groups attached to an aromatic ring is 1. The van der Waals surface area contributed by atoms with Crippen molar-refractivity contribution in [3.05, 3.63) is 36.2 Å². The number of nitrogens with two attached hydrogens (primary N) is 1. The summed E-state index contributed by atoms with van der Waals surface area (Å²) in [6, 6.07) is 8.84. The van der Waals surface area contributed by atoms with Crippen LogP contribution in [0.1, 0.15) is 5.56 Å². The van der Waals surface area contributed by atoms with Gasteiger partial charge in [-0.1, -0.05) is 12.1 Å². The minimum absolute atomic E-state index is 0.174. The van der Waals surface area contributed by atoms with Crippen molar-refractivity contribution in [3.8, 4) is 23.4 Å². The molecule has 6 heteroatoms. The first-order valence-electron chi connectivity index (χ1n) is 5.07. The zero-order valence-electron chi connectivity index (χ0n) is 9.62. The summed E-state index contributed by atoms with van der Waals surface area (Å²) in [6.45, 7) is 0. The maximum Gasteiger partial charge on any atom is 0.268 e. The van der Waals surface area contributed by atoms with E-state index in [-0.39, 0.29) is 17.4 Å². The normalized spacial score (nSPS) is 9.56. The number of para-hydroxylation sites is 1. The second kappa shape index (κ2) is 5.01. The minimum Gasteiger partial charge on any atom is -0.489 e. The molecule has 0 aliphatic heterocycles. The van der Waals surface area contributed by atoms with Crippen LogP contribution in [0.15, 0.2) is 30.6 Å². The highest BCUT2D eigenvalue weighted by molar-refractivity contribution is 5.53. The van der Waals surface area contributed by atoms with E-state index in [1.807, 2.05) is 6.07 Å². The summed E-state index contributed by atoms with van der Waals surface area (Å²) in [5.41, 5.74) is 6.03. The SMILES string of the molecule is COc1c(N)ncnc1Oc1ccccc1C#N. The molecule has 0 atom stereocenters. The van der Waals surface area contributed by atoms with E-state index in [0.29, 0.717) is 11.3 Å². The largest absolute Gasteiger partial charge is 0.489 e. The number of benzene rings is 1. The van der Waals surface area contributed by atoms with Crippen molar-refractivity contribution in [1.29, 1.82) is 5.26 Å². The Bertz CT molecular complexity index is 607. The lowest BCUT2D eigenvalue weighted by molar-refractivity contribution is 0.369. The molecule has 0 amide bonds. The zero-order chi connectivity index (χ0) is 13.0. The summed E-state index contributed by atoms with van der Waals surface area (Å²) in [5.74, 6) is 0.978. The van der Waals surface area contributed by atoms with Crippen LogP contribution in [-0.4, -0.2) is 17.1 Å². The monoisotopic (exact) mass is 242 g/mol. The average Bonchev–Trinajstić information content (AvgIpc) is 2.40. The summed E-state index contributed by atoms with van der Waals surface area (Å²) < 4.78 is 10.6. The van der Waals surface area contributed by atoms with E-state index in [2.05, 4.69) is 9.97 Å². The van der Waals surface area contributed by atoms with Crippen LogP contribution in [0.4, 0.5) is 5.82 Å². The summed E-state index contributed by atoms with van der Waals surface area (Å²) in [6.07, 6.45) is 1.27. The van der Waals surface area contributed by atoms with E-state index in [1.165, 1.54) is 13.4 Å². The molecular formula is C12H10N4O2. The van der Waals surface area contributed by atoms with Gasteiger partial charge in [0.25, 0.3) is 5.88 Å². The lowest BCUT2D eigenvalue weighted by Gasteiger charge is -2.10. The first-order valence-corrected chi connectivity index (χ1v) is 5.07. The summed E-state index contributed by atoms with van der Waals surface area (Å²) in [4.78, 5) is 7.72. The number of aromatic nitrogens is 2. The van der Waals surface area contributed by atoms with Gasteiger partial charge in [0.15, 0.2) is 5.82 Å². The van der Waals surface area contributed by atoms with Crippen LogP contribution in [0.5, 0.6) is 17.4 Å². The molecule has 0 spiro atoms. The summed E-state index contributed by atoms with van der Waals surface area (Å²) in [7, 11) is 1.44. The molecule has 6 nitrogen and oxygen atoms in total. The first-order chi connectivity index (χ1) is 8.76. The second-order valence-electron chi connectivity index (χ2n) is 3.31. The molecule has 1 aromatic carbocycles. The molecule has 0 unspecified atom stereocenters. The molecule has 1 aromatic heterocycles. The van der Waals surface area contributed by atoms with Gasteiger partial charge in [0.05, 0.1) is 12.7 Å². The highest BCUT2D eigenvalue weighted by atomic mass is 16.5. The first kappa shape index (κ1) is 11.7. The van der Waals surface area contributed by atoms with Crippen molar-refractivity contribution >= 4 is 5.82 Å². The molecule has 0 saturated carbocycles. The maximum absolute atomic E-state index is 8.96. The fraction of sp³-hybridized carbons (Fsp3) is 0.0833. The Labute approximate surface area is 104 Å². The standard InChI is InChI=1S/C12H10N4O2/c1-17-10-11(14)15-7-16-12(10)18-9-5-3-2-4-8(9)6-13/h2-5,7H,1H3,(H2,14,15,16). The molecule has 2 rings (SSSR count). The number of nitriles is 1. The molecule has 0 aliphatic rings. The predicted octanol–water partition coefficient (Wildman–Crippen LogP) is 1.73. The smallest absolute Gasteiger partial charge is 0.268 e. The van der Waals surface area contributed by atoms with Gasteiger partial charge < -0.3 is 15.2 Å². The Morgan fingerprint density at radius 3 is 2.78 bits per heavy atom.